The number of aliphatic carboxylic acids is 1. The van der Waals surface area contributed by atoms with Gasteiger partial charge >= 0.3 is 5.97 Å². The minimum Gasteiger partial charge on any atom is -0.481 e. The van der Waals surface area contributed by atoms with Gasteiger partial charge in [-0.05, 0) is 64.4 Å². The molecule has 0 saturated carbocycles. The Kier molecular flexibility index (Phi) is 5.55. The van der Waals surface area contributed by atoms with E-state index in [2.05, 4.69) is 51.8 Å². The van der Waals surface area contributed by atoms with Gasteiger partial charge in [-0.25, -0.2) is 0 Å². The summed E-state index contributed by atoms with van der Waals surface area (Å²) in [6, 6.07) is 4.74. The summed E-state index contributed by atoms with van der Waals surface area (Å²) in [5.74, 6) is -0.719. The molecule has 0 aliphatic rings. The van der Waals surface area contributed by atoms with Crippen LogP contribution in [0.25, 0.3) is 0 Å². The Balaban J connectivity index is 2.76. The number of aryl methyl sites for hydroxylation is 3. The molecule has 0 bridgehead atoms. The van der Waals surface area contributed by atoms with Gasteiger partial charge in [0, 0.05) is 12.5 Å². The van der Waals surface area contributed by atoms with Gasteiger partial charge in [0.1, 0.15) is 0 Å². The van der Waals surface area contributed by atoms with Crippen molar-refractivity contribution in [2.24, 2.45) is 0 Å². The fourth-order valence-corrected chi connectivity index (χ4v) is 2.74. The van der Waals surface area contributed by atoms with E-state index >= 15 is 0 Å². The van der Waals surface area contributed by atoms with Crippen LogP contribution < -0.4 is 0 Å². The van der Waals surface area contributed by atoms with Gasteiger partial charge in [0.2, 0.25) is 0 Å². The predicted octanol–water partition coefficient (Wildman–Crippen LogP) is 3.47. The lowest BCUT2D eigenvalue weighted by Gasteiger charge is -2.28. The summed E-state index contributed by atoms with van der Waals surface area (Å²) in [5.41, 5.74) is 5.29. The fourth-order valence-electron chi connectivity index (χ4n) is 2.74. The van der Waals surface area contributed by atoms with Crippen LogP contribution in [0.1, 0.15) is 48.1 Å². The van der Waals surface area contributed by atoms with Gasteiger partial charge in [0.15, 0.2) is 0 Å². The molecule has 3 heteroatoms. The zero-order valence-electron chi connectivity index (χ0n) is 12.7. The highest BCUT2D eigenvalue weighted by Crippen LogP contribution is 2.27. The van der Waals surface area contributed by atoms with Gasteiger partial charge in [-0.15, -0.1) is 0 Å². The third kappa shape index (κ3) is 4.35. The Bertz CT molecular complexity index is 431. The summed E-state index contributed by atoms with van der Waals surface area (Å²) in [4.78, 5) is 12.8. The van der Waals surface area contributed by atoms with Gasteiger partial charge in [0.25, 0.3) is 0 Å². The zero-order chi connectivity index (χ0) is 14.6. The number of rotatable bonds is 6. The molecule has 106 valence electrons. The van der Waals surface area contributed by atoms with Crippen molar-refractivity contribution >= 4 is 5.97 Å². The zero-order valence-corrected chi connectivity index (χ0v) is 12.7. The highest BCUT2D eigenvalue weighted by Gasteiger charge is 2.16. The monoisotopic (exact) mass is 263 g/mol. The Morgan fingerprint density at radius 2 is 1.79 bits per heavy atom. The maximum Gasteiger partial charge on any atom is 0.303 e. The van der Waals surface area contributed by atoms with Crippen molar-refractivity contribution in [3.8, 4) is 0 Å². The molecular weight excluding hydrogens is 238 g/mol. The molecule has 0 amide bonds. The van der Waals surface area contributed by atoms with Crippen molar-refractivity contribution in [3.05, 3.63) is 34.4 Å². The van der Waals surface area contributed by atoms with E-state index in [4.69, 9.17) is 5.11 Å². The lowest BCUT2D eigenvalue weighted by atomic mass is 9.94. The maximum atomic E-state index is 10.5. The number of carbonyl (C=O) groups is 1. The predicted molar refractivity (Wildman–Crippen MR) is 78.6 cm³/mol. The standard InChI is InChI=1S/C16H25NO2/c1-11-9-12(2)16(13(3)10-11)14(4)17(5)8-6-7-15(18)19/h9-10,14H,6-8H2,1-5H3,(H,18,19). The van der Waals surface area contributed by atoms with E-state index in [1.54, 1.807) is 0 Å². The topological polar surface area (TPSA) is 40.5 Å². The number of hydrogen-bond donors (Lipinski definition) is 1. The Hall–Kier alpha value is -1.35. The summed E-state index contributed by atoms with van der Waals surface area (Å²) < 4.78 is 0. The first kappa shape index (κ1) is 15.7. The maximum absolute atomic E-state index is 10.5. The molecule has 0 fully saturated rings. The summed E-state index contributed by atoms with van der Waals surface area (Å²) in [5, 5.41) is 8.68. The van der Waals surface area contributed by atoms with Gasteiger partial charge in [-0.2, -0.15) is 0 Å². The lowest BCUT2D eigenvalue weighted by molar-refractivity contribution is -0.137. The van der Waals surface area contributed by atoms with Gasteiger partial charge in [0.05, 0.1) is 0 Å². The SMILES string of the molecule is Cc1cc(C)c(C(C)N(C)CCCC(=O)O)c(C)c1. The summed E-state index contributed by atoms with van der Waals surface area (Å²) in [6.07, 6.45) is 0.934. The molecule has 1 aromatic rings. The minimum atomic E-state index is -0.719. The second-order valence-electron chi connectivity index (χ2n) is 5.47. The van der Waals surface area contributed by atoms with Crippen molar-refractivity contribution in [3.63, 3.8) is 0 Å². The molecule has 1 unspecified atom stereocenters. The molecule has 0 heterocycles. The van der Waals surface area contributed by atoms with E-state index in [-0.39, 0.29) is 6.42 Å². The van der Waals surface area contributed by atoms with Gasteiger partial charge in [-0.1, -0.05) is 17.7 Å². The molecule has 0 radical (unpaired) electrons. The van der Waals surface area contributed by atoms with Crippen LogP contribution in [0.2, 0.25) is 0 Å². The molecule has 0 aliphatic carbocycles. The van der Waals surface area contributed by atoms with Crippen LogP contribution in [-0.4, -0.2) is 29.6 Å². The van der Waals surface area contributed by atoms with Crippen LogP contribution in [0.3, 0.4) is 0 Å². The Morgan fingerprint density at radius 1 is 1.26 bits per heavy atom. The number of hydrogen-bond acceptors (Lipinski definition) is 2. The van der Waals surface area contributed by atoms with E-state index in [0.29, 0.717) is 12.5 Å². The Morgan fingerprint density at radius 3 is 2.26 bits per heavy atom. The average Bonchev–Trinajstić information content (AvgIpc) is 2.26. The third-order valence-electron chi connectivity index (χ3n) is 3.72. The van der Waals surface area contributed by atoms with Crippen LogP contribution in [0, 0.1) is 20.8 Å². The van der Waals surface area contributed by atoms with E-state index in [1.807, 2.05) is 0 Å². The third-order valence-corrected chi connectivity index (χ3v) is 3.72. The molecule has 0 aliphatic heterocycles. The fraction of sp³-hybridized carbons (Fsp3) is 0.562. The number of nitrogens with zero attached hydrogens (tertiary/aromatic N) is 1. The lowest BCUT2D eigenvalue weighted by Crippen LogP contribution is -2.25. The van der Waals surface area contributed by atoms with Crippen LogP contribution in [0.5, 0.6) is 0 Å². The summed E-state index contributed by atoms with van der Waals surface area (Å²) in [7, 11) is 2.06. The first-order chi connectivity index (χ1) is 8.82. The van der Waals surface area contributed by atoms with Crippen LogP contribution in [-0.2, 0) is 4.79 Å². The highest BCUT2D eigenvalue weighted by molar-refractivity contribution is 5.66. The molecular formula is C16H25NO2. The molecule has 0 spiro atoms. The molecule has 1 atom stereocenters. The summed E-state index contributed by atoms with van der Waals surface area (Å²) in [6.45, 7) is 9.41. The molecule has 0 saturated heterocycles. The van der Waals surface area contributed by atoms with Crippen LogP contribution in [0.15, 0.2) is 12.1 Å². The first-order valence-electron chi connectivity index (χ1n) is 6.82. The van der Waals surface area contributed by atoms with E-state index in [1.165, 1.54) is 22.3 Å². The van der Waals surface area contributed by atoms with E-state index in [0.717, 1.165) is 6.54 Å². The molecule has 1 rings (SSSR count). The smallest absolute Gasteiger partial charge is 0.303 e. The van der Waals surface area contributed by atoms with Crippen molar-refractivity contribution in [1.82, 2.24) is 4.90 Å². The number of carboxylic acid groups (broad SMARTS) is 1. The summed E-state index contributed by atoms with van der Waals surface area (Å²) >= 11 is 0. The molecule has 1 N–H and O–H groups in total. The molecule has 1 aromatic carbocycles. The van der Waals surface area contributed by atoms with E-state index < -0.39 is 5.97 Å². The van der Waals surface area contributed by atoms with E-state index in [9.17, 15) is 4.79 Å². The number of carboxylic acids is 1. The molecule has 19 heavy (non-hydrogen) atoms. The molecule has 0 aromatic heterocycles. The average molecular weight is 263 g/mol. The van der Waals surface area contributed by atoms with Crippen molar-refractivity contribution in [2.75, 3.05) is 13.6 Å². The van der Waals surface area contributed by atoms with Crippen molar-refractivity contribution < 1.29 is 9.90 Å². The second-order valence-corrected chi connectivity index (χ2v) is 5.47. The molecule has 3 nitrogen and oxygen atoms in total. The largest absolute Gasteiger partial charge is 0.481 e. The minimum absolute atomic E-state index is 0.239. The van der Waals surface area contributed by atoms with Crippen molar-refractivity contribution in [2.45, 2.75) is 46.6 Å². The number of benzene rings is 1. The quantitative estimate of drug-likeness (QED) is 0.854. The highest BCUT2D eigenvalue weighted by atomic mass is 16.4. The Labute approximate surface area is 116 Å². The van der Waals surface area contributed by atoms with Crippen LogP contribution in [0.4, 0.5) is 0 Å². The van der Waals surface area contributed by atoms with Crippen molar-refractivity contribution in [1.29, 1.82) is 0 Å². The van der Waals surface area contributed by atoms with Gasteiger partial charge in [-0.3, -0.25) is 9.69 Å². The van der Waals surface area contributed by atoms with Gasteiger partial charge < -0.3 is 5.11 Å². The first-order valence-corrected chi connectivity index (χ1v) is 6.82. The normalized spacial score (nSPS) is 12.7. The van der Waals surface area contributed by atoms with Crippen LogP contribution >= 0.6 is 0 Å². The second kappa shape index (κ2) is 6.71.